The minimum atomic E-state index is 0.0248. The van der Waals surface area contributed by atoms with Gasteiger partial charge in [-0.2, -0.15) is 0 Å². The molecule has 1 aliphatic heterocycles. The second kappa shape index (κ2) is 5.46. The second-order valence-electron chi connectivity index (χ2n) is 4.49. The molecular formula is C12H20N2O2. The molecule has 0 spiro atoms. The molecule has 0 aromatic rings. The molecule has 4 nitrogen and oxygen atoms in total. The van der Waals surface area contributed by atoms with Crippen LogP contribution < -0.4 is 5.73 Å². The monoisotopic (exact) mass is 224 g/mol. The minimum Gasteiger partial charge on any atom is -0.373 e. The van der Waals surface area contributed by atoms with Crippen molar-refractivity contribution in [1.29, 1.82) is 0 Å². The first kappa shape index (κ1) is 11.6. The first-order valence-corrected chi connectivity index (χ1v) is 6.06. The lowest BCUT2D eigenvalue weighted by molar-refractivity contribution is -0.143. The molecule has 0 aromatic heterocycles. The van der Waals surface area contributed by atoms with Crippen LogP contribution in [0.1, 0.15) is 19.3 Å². The summed E-state index contributed by atoms with van der Waals surface area (Å²) in [6, 6.07) is 0. The summed E-state index contributed by atoms with van der Waals surface area (Å²) in [5.74, 6) is 0.465. The van der Waals surface area contributed by atoms with Crippen LogP contribution in [0.5, 0.6) is 0 Å². The van der Waals surface area contributed by atoms with Gasteiger partial charge in [0, 0.05) is 25.6 Å². The highest BCUT2D eigenvalue weighted by atomic mass is 16.5. The summed E-state index contributed by atoms with van der Waals surface area (Å²) in [6.45, 7) is 2.50. The highest BCUT2D eigenvalue weighted by Gasteiger charge is 2.28. The van der Waals surface area contributed by atoms with Gasteiger partial charge in [0.2, 0.25) is 5.91 Å². The van der Waals surface area contributed by atoms with E-state index in [1.54, 1.807) is 0 Å². The normalized spacial score (nSPS) is 30.4. The number of ether oxygens (including phenoxy) is 1. The van der Waals surface area contributed by atoms with E-state index in [1.807, 2.05) is 4.90 Å². The average Bonchev–Trinajstić information content (AvgIpc) is 2.39. The zero-order chi connectivity index (χ0) is 11.4. The third kappa shape index (κ3) is 2.62. The summed E-state index contributed by atoms with van der Waals surface area (Å²) >= 11 is 0. The van der Waals surface area contributed by atoms with Crippen LogP contribution in [0.2, 0.25) is 0 Å². The number of nitrogens with two attached hydrogens (primary N) is 1. The fraction of sp³-hybridized carbons (Fsp3) is 0.750. The van der Waals surface area contributed by atoms with Crippen molar-refractivity contribution in [2.75, 3.05) is 26.2 Å². The summed E-state index contributed by atoms with van der Waals surface area (Å²) in [4.78, 5) is 14.1. The van der Waals surface area contributed by atoms with Crippen molar-refractivity contribution in [3.05, 3.63) is 12.2 Å². The van der Waals surface area contributed by atoms with Gasteiger partial charge in [-0.25, -0.2) is 0 Å². The van der Waals surface area contributed by atoms with Gasteiger partial charge in [0.25, 0.3) is 0 Å². The van der Waals surface area contributed by atoms with Crippen LogP contribution in [0.3, 0.4) is 0 Å². The second-order valence-corrected chi connectivity index (χ2v) is 4.49. The largest absolute Gasteiger partial charge is 0.373 e. The van der Waals surface area contributed by atoms with Crippen LogP contribution in [-0.2, 0) is 9.53 Å². The molecule has 4 heteroatoms. The van der Waals surface area contributed by atoms with Gasteiger partial charge in [0.15, 0.2) is 0 Å². The lowest BCUT2D eigenvalue weighted by atomic mass is 9.93. The summed E-state index contributed by atoms with van der Waals surface area (Å²) in [5, 5.41) is 0. The Balaban J connectivity index is 1.90. The molecule has 2 aliphatic rings. The maximum Gasteiger partial charge on any atom is 0.226 e. The molecule has 1 amide bonds. The zero-order valence-electron chi connectivity index (χ0n) is 9.60. The predicted molar refractivity (Wildman–Crippen MR) is 61.9 cm³/mol. The zero-order valence-corrected chi connectivity index (χ0v) is 9.60. The van der Waals surface area contributed by atoms with Gasteiger partial charge >= 0.3 is 0 Å². The number of allylic oxidation sites excluding steroid dienone is 2. The van der Waals surface area contributed by atoms with Crippen LogP contribution in [-0.4, -0.2) is 43.2 Å². The summed E-state index contributed by atoms with van der Waals surface area (Å²) < 4.78 is 5.46. The average molecular weight is 224 g/mol. The van der Waals surface area contributed by atoms with Crippen molar-refractivity contribution < 1.29 is 9.53 Å². The molecule has 1 heterocycles. The van der Waals surface area contributed by atoms with Crippen molar-refractivity contribution in [1.82, 2.24) is 4.90 Å². The number of rotatable bonds is 2. The smallest absolute Gasteiger partial charge is 0.226 e. The Morgan fingerprint density at radius 2 is 2.38 bits per heavy atom. The fourth-order valence-electron chi connectivity index (χ4n) is 2.34. The van der Waals surface area contributed by atoms with Crippen LogP contribution in [0.25, 0.3) is 0 Å². The molecule has 0 radical (unpaired) electrons. The predicted octanol–water partition coefficient (Wildman–Crippen LogP) is 0.529. The molecule has 2 unspecified atom stereocenters. The Kier molecular flexibility index (Phi) is 3.96. The number of nitrogens with zero attached hydrogens (tertiary/aromatic N) is 1. The van der Waals surface area contributed by atoms with Crippen LogP contribution in [0.15, 0.2) is 12.2 Å². The third-order valence-electron chi connectivity index (χ3n) is 3.33. The Morgan fingerprint density at radius 1 is 1.50 bits per heavy atom. The minimum absolute atomic E-state index is 0.0248. The van der Waals surface area contributed by atoms with E-state index in [0.717, 1.165) is 25.8 Å². The van der Waals surface area contributed by atoms with E-state index in [1.165, 1.54) is 0 Å². The summed E-state index contributed by atoms with van der Waals surface area (Å²) in [5.41, 5.74) is 5.57. The molecule has 1 saturated heterocycles. The fourth-order valence-corrected chi connectivity index (χ4v) is 2.34. The van der Waals surface area contributed by atoms with Gasteiger partial charge in [0.1, 0.15) is 0 Å². The maximum atomic E-state index is 12.2. The molecule has 90 valence electrons. The standard InChI is InChI=1S/C12H20N2O2/c13-8-11-9-14(6-7-16-11)12(15)10-4-2-1-3-5-10/h1-2,10-11H,3-9,13H2. The summed E-state index contributed by atoms with van der Waals surface area (Å²) in [7, 11) is 0. The quantitative estimate of drug-likeness (QED) is 0.696. The molecule has 0 saturated carbocycles. The van der Waals surface area contributed by atoms with E-state index >= 15 is 0 Å². The van der Waals surface area contributed by atoms with Crippen LogP contribution in [0, 0.1) is 5.92 Å². The van der Waals surface area contributed by atoms with Crippen molar-refractivity contribution in [3.63, 3.8) is 0 Å². The molecule has 2 atom stereocenters. The third-order valence-corrected chi connectivity index (χ3v) is 3.33. The molecule has 1 fully saturated rings. The highest BCUT2D eigenvalue weighted by molar-refractivity contribution is 5.79. The van der Waals surface area contributed by atoms with Gasteiger partial charge < -0.3 is 15.4 Å². The van der Waals surface area contributed by atoms with Crippen molar-refractivity contribution in [2.45, 2.75) is 25.4 Å². The number of morpholine rings is 1. The molecule has 0 aromatic carbocycles. The molecular weight excluding hydrogens is 204 g/mol. The molecule has 2 N–H and O–H groups in total. The van der Waals surface area contributed by atoms with Gasteiger partial charge in [0.05, 0.1) is 12.7 Å². The first-order valence-electron chi connectivity index (χ1n) is 6.06. The Morgan fingerprint density at radius 3 is 3.06 bits per heavy atom. The summed E-state index contributed by atoms with van der Waals surface area (Å²) in [6.07, 6.45) is 7.21. The van der Waals surface area contributed by atoms with E-state index < -0.39 is 0 Å². The van der Waals surface area contributed by atoms with E-state index in [-0.39, 0.29) is 17.9 Å². The Bertz CT molecular complexity index is 278. The van der Waals surface area contributed by atoms with Crippen molar-refractivity contribution in [3.8, 4) is 0 Å². The van der Waals surface area contributed by atoms with Gasteiger partial charge in [-0.15, -0.1) is 0 Å². The Labute approximate surface area is 96.4 Å². The van der Waals surface area contributed by atoms with Crippen LogP contribution >= 0.6 is 0 Å². The Hall–Kier alpha value is -0.870. The first-order chi connectivity index (χ1) is 7.81. The van der Waals surface area contributed by atoms with E-state index in [0.29, 0.717) is 19.7 Å². The molecule has 1 aliphatic carbocycles. The van der Waals surface area contributed by atoms with E-state index in [4.69, 9.17) is 10.5 Å². The highest BCUT2D eigenvalue weighted by Crippen LogP contribution is 2.21. The van der Waals surface area contributed by atoms with E-state index in [2.05, 4.69) is 12.2 Å². The molecule has 0 bridgehead atoms. The number of hydrogen-bond donors (Lipinski definition) is 1. The maximum absolute atomic E-state index is 12.2. The van der Waals surface area contributed by atoms with Crippen molar-refractivity contribution in [2.24, 2.45) is 11.7 Å². The number of amides is 1. The van der Waals surface area contributed by atoms with Gasteiger partial charge in [-0.3, -0.25) is 4.79 Å². The van der Waals surface area contributed by atoms with Gasteiger partial charge in [-0.1, -0.05) is 12.2 Å². The van der Waals surface area contributed by atoms with E-state index in [9.17, 15) is 4.79 Å². The SMILES string of the molecule is NCC1CN(C(=O)C2CC=CCC2)CCO1. The van der Waals surface area contributed by atoms with Crippen molar-refractivity contribution >= 4 is 5.91 Å². The number of hydrogen-bond acceptors (Lipinski definition) is 3. The number of carbonyl (C=O) groups is 1. The topological polar surface area (TPSA) is 55.6 Å². The lowest BCUT2D eigenvalue weighted by Gasteiger charge is -2.34. The lowest BCUT2D eigenvalue weighted by Crippen LogP contribution is -2.50. The van der Waals surface area contributed by atoms with Gasteiger partial charge in [-0.05, 0) is 19.3 Å². The number of carbonyl (C=O) groups excluding carboxylic acids is 1. The molecule has 2 rings (SSSR count). The van der Waals surface area contributed by atoms with Crippen LogP contribution in [0.4, 0.5) is 0 Å². The molecule has 16 heavy (non-hydrogen) atoms.